The average Bonchev–Trinajstić information content (AvgIpc) is 3.26. The van der Waals surface area contributed by atoms with Crippen molar-refractivity contribution in [2.24, 2.45) is 0 Å². The molecule has 0 spiro atoms. The maximum atomic E-state index is 12.6. The summed E-state index contributed by atoms with van der Waals surface area (Å²) >= 11 is 0. The van der Waals surface area contributed by atoms with Gasteiger partial charge in [-0.2, -0.15) is 0 Å². The molecular weight excluding hydrogens is 374 g/mol. The summed E-state index contributed by atoms with van der Waals surface area (Å²) in [4.78, 5) is 36.0. The summed E-state index contributed by atoms with van der Waals surface area (Å²) in [7, 11) is 0. The van der Waals surface area contributed by atoms with Gasteiger partial charge in [0.2, 0.25) is 0 Å². The lowest BCUT2D eigenvalue weighted by Crippen LogP contribution is -2.28. The molecule has 0 aliphatic heterocycles. The number of carbonyl (C=O) groups is 3. The summed E-state index contributed by atoms with van der Waals surface area (Å²) in [5, 5.41) is 13.5. The summed E-state index contributed by atoms with van der Waals surface area (Å²) in [5.41, 5.74) is 1.94. The predicted octanol–water partition coefficient (Wildman–Crippen LogP) is 1.84. The van der Waals surface area contributed by atoms with E-state index in [1.165, 1.54) is 17.9 Å². The van der Waals surface area contributed by atoms with Crippen molar-refractivity contribution in [1.29, 1.82) is 0 Å². The third-order valence-corrected chi connectivity index (χ3v) is 4.15. The van der Waals surface area contributed by atoms with Gasteiger partial charge in [-0.15, -0.1) is 5.10 Å². The SMILES string of the molecule is CC(=O)c1ccc(NC(=O)COC(=O)[C@@H](Cc2ccccc2)n2cnnn2)cc1. The van der Waals surface area contributed by atoms with Crippen LogP contribution in [0.1, 0.15) is 28.9 Å². The summed E-state index contributed by atoms with van der Waals surface area (Å²) in [5.74, 6) is -1.18. The Morgan fingerprint density at radius 2 is 1.79 bits per heavy atom. The number of aromatic nitrogens is 4. The number of hydrogen-bond acceptors (Lipinski definition) is 7. The molecule has 0 aliphatic rings. The van der Waals surface area contributed by atoms with E-state index >= 15 is 0 Å². The molecule has 0 unspecified atom stereocenters. The van der Waals surface area contributed by atoms with Gasteiger partial charge in [-0.05, 0) is 47.2 Å². The summed E-state index contributed by atoms with van der Waals surface area (Å²) in [6.45, 7) is 1.00. The molecule has 0 fully saturated rings. The number of anilines is 1. The number of tetrazole rings is 1. The molecule has 0 saturated heterocycles. The molecule has 1 amide bonds. The van der Waals surface area contributed by atoms with Gasteiger partial charge in [0.1, 0.15) is 6.33 Å². The zero-order valence-electron chi connectivity index (χ0n) is 15.7. The van der Waals surface area contributed by atoms with Gasteiger partial charge in [-0.1, -0.05) is 30.3 Å². The van der Waals surface area contributed by atoms with Crippen LogP contribution in [-0.4, -0.2) is 44.5 Å². The average molecular weight is 393 g/mol. The van der Waals surface area contributed by atoms with Crippen LogP contribution in [0.3, 0.4) is 0 Å². The highest BCUT2D eigenvalue weighted by molar-refractivity contribution is 5.96. The quantitative estimate of drug-likeness (QED) is 0.458. The number of Topliss-reactive ketones (excluding diaryl/α,β-unsaturated/α-hetero) is 1. The molecule has 3 aromatic rings. The molecule has 0 bridgehead atoms. The highest BCUT2D eigenvalue weighted by Gasteiger charge is 2.24. The number of hydrogen-bond donors (Lipinski definition) is 1. The Bertz CT molecular complexity index is 972. The van der Waals surface area contributed by atoms with E-state index in [9.17, 15) is 14.4 Å². The fourth-order valence-corrected chi connectivity index (χ4v) is 2.65. The van der Waals surface area contributed by atoms with E-state index in [0.29, 0.717) is 17.7 Å². The molecule has 9 heteroatoms. The third kappa shape index (κ3) is 5.55. The molecule has 0 aliphatic carbocycles. The van der Waals surface area contributed by atoms with Crippen LogP contribution in [-0.2, 0) is 20.7 Å². The van der Waals surface area contributed by atoms with Crippen LogP contribution in [0.25, 0.3) is 0 Å². The summed E-state index contributed by atoms with van der Waals surface area (Å²) in [6, 6.07) is 15.0. The molecule has 1 heterocycles. The number of esters is 1. The molecule has 148 valence electrons. The minimum absolute atomic E-state index is 0.0659. The first-order chi connectivity index (χ1) is 14.0. The summed E-state index contributed by atoms with van der Waals surface area (Å²) < 4.78 is 6.47. The smallest absolute Gasteiger partial charge is 0.331 e. The van der Waals surface area contributed by atoms with Crippen molar-refractivity contribution in [2.75, 3.05) is 11.9 Å². The largest absolute Gasteiger partial charge is 0.454 e. The summed E-state index contributed by atoms with van der Waals surface area (Å²) in [6.07, 6.45) is 1.64. The zero-order valence-corrected chi connectivity index (χ0v) is 15.7. The van der Waals surface area contributed by atoms with Crippen molar-refractivity contribution in [3.8, 4) is 0 Å². The molecule has 3 rings (SSSR count). The highest BCUT2D eigenvalue weighted by atomic mass is 16.5. The fourth-order valence-electron chi connectivity index (χ4n) is 2.65. The van der Waals surface area contributed by atoms with Gasteiger partial charge in [0, 0.05) is 17.7 Å². The molecule has 2 aromatic carbocycles. The maximum Gasteiger partial charge on any atom is 0.331 e. The second-order valence-electron chi connectivity index (χ2n) is 6.28. The van der Waals surface area contributed by atoms with Crippen LogP contribution in [0.5, 0.6) is 0 Å². The van der Waals surface area contributed by atoms with Crippen molar-refractivity contribution in [3.05, 3.63) is 72.1 Å². The van der Waals surface area contributed by atoms with Gasteiger partial charge in [-0.3, -0.25) is 9.59 Å². The van der Waals surface area contributed by atoms with E-state index in [4.69, 9.17) is 4.74 Å². The number of ether oxygens (including phenoxy) is 1. The minimum atomic E-state index is -0.796. The molecule has 1 atom stereocenters. The predicted molar refractivity (Wildman–Crippen MR) is 103 cm³/mol. The Balaban J connectivity index is 1.59. The van der Waals surface area contributed by atoms with Crippen LogP contribution in [0, 0.1) is 0 Å². The second kappa shape index (κ2) is 9.36. The van der Waals surface area contributed by atoms with Crippen LogP contribution in [0.15, 0.2) is 60.9 Å². The normalized spacial score (nSPS) is 11.5. The maximum absolute atomic E-state index is 12.6. The van der Waals surface area contributed by atoms with Crippen LogP contribution < -0.4 is 5.32 Å². The molecule has 0 radical (unpaired) electrons. The van der Waals surface area contributed by atoms with E-state index < -0.39 is 24.5 Å². The highest BCUT2D eigenvalue weighted by Crippen LogP contribution is 2.15. The number of carbonyl (C=O) groups excluding carboxylic acids is 3. The first-order valence-electron chi connectivity index (χ1n) is 8.87. The van der Waals surface area contributed by atoms with Crippen LogP contribution >= 0.6 is 0 Å². The number of rotatable bonds is 8. The van der Waals surface area contributed by atoms with Crippen LogP contribution in [0.2, 0.25) is 0 Å². The minimum Gasteiger partial charge on any atom is -0.454 e. The van der Waals surface area contributed by atoms with Crippen molar-refractivity contribution >= 4 is 23.3 Å². The van der Waals surface area contributed by atoms with Gasteiger partial charge in [-0.25, -0.2) is 9.48 Å². The molecule has 9 nitrogen and oxygen atoms in total. The van der Waals surface area contributed by atoms with Gasteiger partial charge < -0.3 is 10.1 Å². The van der Waals surface area contributed by atoms with Crippen LogP contribution in [0.4, 0.5) is 5.69 Å². The number of nitrogens with one attached hydrogen (secondary N) is 1. The lowest BCUT2D eigenvalue weighted by Gasteiger charge is -2.15. The van der Waals surface area contributed by atoms with Gasteiger partial charge >= 0.3 is 5.97 Å². The second-order valence-corrected chi connectivity index (χ2v) is 6.28. The van der Waals surface area contributed by atoms with E-state index in [0.717, 1.165) is 5.56 Å². The molecule has 0 saturated carbocycles. The first kappa shape index (κ1) is 19.9. The molecule has 1 aromatic heterocycles. The fraction of sp³-hybridized carbons (Fsp3) is 0.200. The topological polar surface area (TPSA) is 116 Å². The Hall–Kier alpha value is -3.88. The lowest BCUT2D eigenvalue weighted by atomic mass is 10.1. The van der Waals surface area contributed by atoms with Crippen molar-refractivity contribution in [2.45, 2.75) is 19.4 Å². The molecular formula is C20H19N5O4. The standard InChI is InChI=1S/C20H19N5O4/c1-14(26)16-7-9-17(10-8-16)22-19(27)12-29-20(28)18(25-13-21-23-24-25)11-15-5-3-2-4-6-15/h2-10,13,18H,11-12H2,1H3,(H,22,27)/t18-/m1/s1. The lowest BCUT2D eigenvalue weighted by molar-refractivity contribution is -0.151. The number of benzene rings is 2. The Labute approximate surface area is 166 Å². The van der Waals surface area contributed by atoms with Crippen molar-refractivity contribution < 1.29 is 19.1 Å². The van der Waals surface area contributed by atoms with Crippen molar-refractivity contribution in [3.63, 3.8) is 0 Å². The number of nitrogens with zero attached hydrogens (tertiary/aromatic N) is 4. The van der Waals surface area contributed by atoms with Crippen molar-refractivity contribution in [1.82, 2.24) is 20.2 Å². The van der Waals surface area contributed by atoms with E-state index in [2.05, 4.69) is 20.8 Å². The van der Waals surface area contributed by atoms with Gasteiger partial charge in [0.25, 0.3) is 5.91 Å². The molecule has 29 heavy (non-hydrogen) atoms. The van der Waals surface area contributed by atoms with E-state index in [-0.39, 0.29) is 5.78 Å². The Morgan fingerprint density at radius 1 is 1.07 bits per heavy atom. The zero-order chi connectivity index (χ0) is 20.6. The number of ketones is 1. The molecule has 1 N–H and O–H groups in total. The third-order valence-electron chi connectivity index (χ3n) is 4.15. The number of amides is 1. The Morgan fingerprint density at radius 3 is 2.41 bits per heavy atom. The monoisotopic (exact) mass is 393 g/mol. The van der Waals surface area contributed by atoms with E-state index in [1.807, 2.05) is 30.3 Å². The van der Waals surface area contributed by atoms with Gasteiger partial charge in [0.05, 0.1) is 0 Å². The first-order valence-corrected chi connectivity index (χ1v) is 8.87. The Kier molecular flexibility index (Phi) is 6.41. The van der Waals surface area contributed by atoms with Gasteiger partial charge in [0.15, 0.2) is 18.4 Å². The van der Waals surface area contributed by atoms with E-state index in [1.54, 1.807) is 24.3 Å².